The van der Waals surface area contributed by atoms with Crippen LogP contribution in [0.4, 0.5) is 4.39 Å². The Balaban J connectivity index is 2.85. The number of benzene rings is 1. The highest BCUT2D eigenvalue weighted by molar-refractivity contribution is 5.27. The number of aryl methyl sites for hydroxylation is 1. The second kappa shape index (κ2) is 7.09. The minimum Gasteiger partial charge on any atom is -0.309 e. The summed E-state index contributed by atoms with van der Waals surface area (Å²) in [6.45, 7) is 6.71. The fourth-order valence-electron chi connectivity index (χ4n) is 1.72. The summed E-state index contributed by atoms with van der Waals surface area (Å²) in [7, 11) is 0. The summed E-state index contributed by atoms with van der Waals surface area (Å²) < 4.78 is 13.2. The highest BCUT2D eigenvalue weighted by atomic mass is 19.1. The first-order valence-electron chi connectivity index (χ1n) is 6.08. The molecule has 0 fully saturated rings. The van der Waals surface area contributed by atoms with Crippen LogP contribution in [0.3, 0.4) is 0 Å². The van der Waals surface area contributed by atoms with E-state index in [4.69, 9.17) is 0 Å². The van der Waals surface area contributed by atoms with Crippen molar-refractivity contribution in [1.29, 1.82) is 0 Å². The van der Waals surface area contributed by atoms with Crippen LogP contribution in [0.25, 0.3) is 0 Å². The number of halogens is 1. The smallest absolute Gasteiger partial charge is 0.126 e. The molecule has 1 atom stereocenters. The van der Waals surface area contributed by atoms with Crippen molar-refractivity contribution in [1.82, 2.24) is 5.32 Å². The molecule has 92 valence electrons. The van der Waals surface area contributed by atoms with E-state index in [1.54, 1.807) is 6.92 Å². The molecule has 1 N–H and O–H groups in total. The summed E-state index contributed by atoms with van der Waals surface area (Å²) in [6.07, 6.45) is 1.85. The van der Waals surface area contributed by atoms with Gasteiger partial charge in [-0.1, -0.05) is 19.1 Å². The Morgan fingerprint density at radius 2 is 2.18 bits per heavy atom. The Morgan fingerprint density at radius 3 is 2.76 bits per heavy atom. The van der Waals surface area contributed by atoms with Gasteiger partial charge in [0.25, 0.3) is 0 Å². The minimum absolute atomic E-state index is 0.149. The van der Waals surface area contributed by atoms with Gasteiger partial charge in [0.2, 0.25) is 0 Å². The van der Waals surface area contributed by atoms with Gasteiger partial charge in [-0.15, -0.1) is 11.8 Å². The number of hydrogen-bond acceptors (Lipinski definition) is 1. The van der Waals surface area contributed by atoms with Gasteiger partial charge in [-0.3, -0.25) is 0 Å². The van der Waals surface area contributed by atoms with E-state index in [-0.39, 0.29) is 11.9 Å². The van der Waals surface area contributed by atoms with Crippen LogP contribution in [0.2, 0.25) is 0 Å². The maximum Gasteiger partial charge on any atom is 0.126 e. The molecule has 0 aromatic heterocycles. The second-order valence-corrected chi connectivity index (χ2v) is 4.15. The maximum absolute atomic E-state index is 13.2. The van der Waals surface area contributed by atoms with Crippen molar-refractivity contribution in [3.8, 4) is 11.8 Å². The van der Waals surface area contributed by atoms with Gasteiger partial charge < -0.3 is 5.32 Å². The summed E-state index contributed by atoms with van der Waals surface area (Å²) >= 11 is 0. The molecule has 1 nitrogen and oxygen atoms in total. The minimum atomic E-state index is -0.149. The van der Waals surface area contributed by atoms with Gasteiger partial charge in [0.1, 0.15) is 5.82 Å². The molecule has 0 aliphatic heterocycles. The molecule has 0 amide bonds. The topological polar surface area (TPSA) is 12.0 Å². The van der Waals surface area contributed by atoms with Crippen LogP contribution in [-0.4, -0.2) is 6.54 Å². The van der Waals surface area contributed by atoms with Gasteiger partial charge in [-0.25, -0.2) is 4.39 Å². The molecule has 1 aromatic rings. The fourth-order valence-corrected chi connectivity index (χ4v) is 1.72. The quantitative estimate of drug-likeness (QED) is 0.766. The summed E-state index contributed by atoms with van der Waals surface area (Å²) in [5.41, 5.74) is 1.80. The van der Waals surface area contributed by atoms with E-state index in [0.717, 1.165) is 24.9 Å². The number of nitrogens with one attached hydrogen (secondary N) is 1. The summed E-state index contributed by atoms with van der Waals surface area (Å²) in [5, 5.41) is 3.44. The second-order valence-electron chi connectivity index (χ2n) is 4.15. The third-order valence-corrected chi connectivity index (χ3v) is 2.71. The van der Waals surface area contributed by atoms with E-state index < -0.39 is 0 Å². The lowest BCUT2D eigenvalue weighted by molar-refractivity contribution is 0.539. The first-order chi connectivity index (χ1) is 8.19. The van der Waals surface area contributed by atoms with Crippen molar-refractivity contribution >= 4 is 0 Å². The Labute approximate surface area is 103 Å². The number of rotatable bonds is 5. The van der Waals surface area contributed by atoms with E-state index in [1.165, 1.54) is 6.07 Å². The fraction of sp³-hybridized carbons (Fsp3) is 0.467. The molecule has 0 spiro atoms. The van der Waals surface area contributed by atoms with Gasteiger partial charge in [0.15, 0.2) is 0 Å². The highest BCUT2D eigenvalue weighted by Gasteiger charge is 2.10. The average molecular weight is 233 g/mol. The monoisotopic (exact) mass is 233 g/mol. The largest absolute Gasteiger partial charge is 0.309 e. The van der Waals surface area contributed by atoms with Crippen LogP contribution in [0.15, 0.2) is 18.2 Å². The van der Waals surface area contributed by atoms with Gasteiger partial charge in [0, 0.05) is 12.5 Å². The lowest BCUT2D eigenvalue weighted by Gasteiger charge is -2.17. The predicted octanol–water partition coefficient (Wildman–Crippen LogP) is 3.59. The molecule has 1 rings (SSSR count). The SMILES string of the molecule is CC#CCC(NCCC)c1ccc(F)c(C)c1. The third kappa shape index (κ3) is 4.20. The maximum atomic E-state index is 13.2. The molecule has 0 saturated carbocycles. The Hall–Kier alpha value is -1.33. The zero-order valence-corrected chi connectivity index (χ0v) is 10.8. The summed E-state index contributed by atoms with van der Waals surface area (Å²) in [5.74, 6) is 5.84. The van der Waals surface area contributed by atoms with Gasteiger partial charge in [-0.2, -0.15) is 0 Å². The molecule has 0 aliphatic rings. The van der Waals surface area contributed by atoms with Crippen molar-refractivity contribution in [2.75, 3.05) is 6.54 Å². The molecule has 0 heterocycles. The lowest BCUT2D eigenvalue weighted by Crippen LogP contribution is -2.21. The highest BCUT2D eigenvalue weighted by Crippen LogP contribution is 2.19. The first kappa shape index (κ1) is 13.7. The third-order valence-electron chi connectivity index (χ3n) is 2.71. The van der Waals surface area contributed by atoms with E-state index in [0.29, 0.717) is 5.56 Å². The zero-order valence-electron chi connectivity index (χ0n) is 10.8. The van der Waals surface area contributed by atoms with Crippen molar-refractivity contribution < 1.29 is 4.39 Å². The molecular weight excluding hydrogens is 213 g/mol. The van der Waals surface area contributed by atoms with Gasteiger partial charge >= 0.3 is 0 Å². The Bertz CT molecular complexity index is 415. The van der Waals surface area contributed by atoms with Crippen molar-refractivity contribution in [3.05, 3.63) is 35.1 Å². The molecule has 0 bridgehead atoms. The normalized spacial score (nSPS) is 11.8. The molecule has 1 unspecified atom stereocenters. The molecule has 1 aromatic carbocycles. The molecule has 0 aliphatic carbocycles. The van der Waals surface area contributed by atoms with Crippen LogP contribution in [0, 0.1) is 24.6 Å². The molecular formula is C15H20FN. The lowest BCUT2D eigenvalue weighted by atomic mass is 10.0. The zero-order chi connectivity index (χ0) is 12.7. The Morgan fingerprint density at radius 1 is 1.41 bits per heavy atom. The van der Waals surface area contributed by atoms with Crippen LogP contribution in [0.5, 0.6) is 0 Å². The van der Waals surface area contributed by atoms with Crippen LogP contribution in [0.1, 0.15) is 43.9 Å². The van der Waals surface area contributed by atoms with E-state index in [2.05, 4.69) is 24.1 Å². The number of hydrogen-bond donors (Lipinski definition) is 1. The van der Waals surface area contributed by atoms with Crippen LogP contribution < -0.4 is 5.32 Å². The van der Waals surface area contributed by atoms with Gasteiger partial charge in [-0.05, 0) is 44.0 Å². The molecule has 0 radical (unpaired) electrons. The first-order valence-corrected chi connectivity index (χ1v) is 6.08. The summed E-state index contributed by atoms with van der Waals surface area (Å²) in [6, 6.07) is 5.47. The average Bonchev–Trinajstić information content (AvgIpc) is 2.33. The predicted molar refractivity (Wildman–Crippen MR) is 70.2 cm³/mol. The van der Waals surface area contributed by atoms with Crippen molar-refractivity contribution in [3.63, 3.8) is 0 Å². The molecule has 2 heteroatoms. The molecule has 17 heavy (non-hydrogen) atoms. The van der Waals surface area contributed by atoms with E-state index >= 15 is 0 Å². The summed E-state index contributed by atoms with van der Waals surface area (Å²) in [4.78, 5) is 0. The molecule has 0 saturated heterocycles. The van der Waals surface area contributed by atoms with Crippen LogP contribution >= 0.6 is 0 Å². The van der Waals surface area contributed by atoms with Gasteiger partial charge in [0.05, 0.1) is 0 Å². The Kier molecular flexibility index (Phi) is 5.72. The van der Waals surface area contributed by atoms with Crippen LogP contribution in [-0.2, 0) is 0 Å². The van der Waals surface area contributed by atoms with E-state index in [1.807, 2.05) is 19.1 Å². The van der Waals surface area contributed by atoms with Crippen molar-refractivity contribution in [2.45, 2.75) is 39.7 Å². The standard InChI is InChI=1S/C15H20FN/c1-4-6-7-15(17-10-5-2)13-8-9-14(16)12(3)11-13/h8-9,11,15,17H,5,7,10H2,1-3H3. The van der Waals surface area contributed by atoms with E-state index in [9.17, 15) is 4.39 Å². The van der Waals surface area contributed by atoms with Crippen molar-refractivity contribution in [2.24, 2.45) is 0 Å².